The van der Waals surface area contributed by atoms with Gasteiger partial charge in [-0.3, -0.25) is 9.59 Å². The summed E-state index contributed by atoms with van der Waals surface area (Å²) in [6.45, 7) is 5.76. The number of carbonyl (C=O) groups is 2. The first-order chi connectivity index (χ1) is 10.4. The predicted molar refractivity (Wildman–Crippen MR) is 90.8 cm³/mol. The molecule has 0 saturated carbocycles. The fraction of sp³-hybridized carbons (Fsp3) is 0.500. The first kappa shape index (κ1) is 18.8. The first-order valence-electron chi connectivity index (χ1n) is 7.34. The molecule has 22 heavy (non-hydrogen) atoms. The van der Waals surface area contributed by atoms with Crippen molar-refractivity contribution < 1.29 is 14.7 Å². The van der Waals surface area contributed by atoms with E-state index in [1.54, 1.807) is 18.2 Å². The van der Waals surface area contributed by atoms with Crippen molar-refractivity contribution in [3.8, 4) is 0 Å². The van der Waals surface area contributed by atoms with E-state index in [1.165, 1.54) is 11.8 Å². The molecule has 0 unspecified atom stereocenters. The number of benzene rings is 1. The number of amides is 1. The third-order valence-corrected chi connectivity index (χ3v) is 5.06. The Bertz CT molecular complexity index is 544. The Morgan fingerprint density at radius 3 is 2.41 bits per heavy atom. The molecule has 1 aromatic carbocycles. The van der Waals surface area contributed by atoms with Crippen LogP contribution >= 0.6 is 23.4 Å². The van der Waals surface area contributed by atoms with E-state index >= 15 is 0 Å². The molecule has 0 aromatic heterocycles. The molecule has 0 aliphatic heterocycles. The second kappa shape index (κ2) is 8.44. The maximum Gasteiger partial charge on any atom is 0.311 e. The van der Waals surface area contributed by atoms with Crippen LogP contribution in [0.4, 0.5) is 0 Å². The molecule has 122 valence electrons. The summed E-state index contributed by atoms with van der Waals surface area (Å²) >= 11 is 7.50. The molecule has 0 bridgehead atoms. The van der Waals surface area contributed by atoms with Crippen molar-refractivity contribution in [3.63, 3.8) is 0 Å². The van der Waals surface area contributed by atoms with Crippen LogP contribution in [0.2, 0.25) is 5.02 Å². The molecule has 0 saturated heterocycles. The summed E-state index contributed by atoms with van der Waals surface area (Å²) in [6, 6.07) is 5.10. The van der Waals surface area contributed by atoms with Gasteiger partial charge >= 0.3 is 5.97 Å². The van der Waals surface area contributed by atoms with Gasteiger partial charge in [0, 0.05) is 16.5 Å². The van der Waals surface area contributed by atoms with E-state index in [1.807, 2.05) is 20.8 Å². The first-order valence-corrected chi connectivity index (χ1v) is 8.70. The van der Waals surface area contributed by atoms with E-state index in [2.05, 4.69) is 5.32 Å². The fourth-order valence-electron chi connectivity index (χ4n) is 2.18. The van der Waals surface area contributed by atoms with E-state index in [9.17, 15) is 14.7 Å². The zero-order chi connectivity index (χ0) is 16.8. The van der Waals surface area contributed by atoms with E-state index in [4.69, 9.17) is 11.6 Å². The maximum atomic E-state index is 12.4. The molecule has 2 N–H and O–H groups in total. The van der Waals surface area contributed by atoms with Gasteiger partial charge in [0.1, 0.15) is 0 Å². The van der Waals surface area contributed by atoms with Gasteiger partial charge in [-0.1, -0.05) is 32.4 Å². The molecule has 0 atom stereocenters. The minimum absolute atomic E-state index is 0.118. The molecule has 0 heterocycles. The van der Waals surface area contributed by atoms with Crippen LogP contribution in [0.3, 0.4) is 0 Å². The van der Waals surface area contributed by atoms with Crippen LogP contribution in [0.5, 0.6) is 0 Å². The minimum atomic E-state index is -0.917. The summed E-state index contributed by atoms with van der Waals surface area (Å²) in [7, 11) is 0. The van der Waals surface area contributed by atoms with Gasteiger partial charge in [0.2, 0.25) is 0 Å². The number of rotatable bonds is 8. The van der Waals surface area contributed by atoms with Gasteiger partial charge in [-0.05, 0) is 36.8 Å². The quantitative estimate of drug-likeness (QED) is 0.698. The molecule has 0 aliphatic carbocycles. The fourth-order valence-corrected chi connectivity index (χ4v) is 3.26. The van der Waals surface area contributed by atoms with Crippen LogP contribution in [-0.4, -0.2) is 29.3 Å². The molecular weight excluding hydrogens is 322 g/mol. The third kappa shape index (κ3) is 4.40. The average Bonchev–Trinajstić information content (AvgIpc) is 2.48. The molecule has 0 spiro atoms. The lowest BCUT2D eigenvalue weighted by molar-refractivity contribution is -0.149. The summed E-state index contributed by atoms with van der Waals surface area (Å²) in [5.74, 6) is -0.318. The van der Waals surface area contributed by atoms with Crippen LogP contribution in [0.15, 0.2) is 23.1 Å². The van der Waals surface area contributed by atoms with Crippen LogP contribution < -0.4 is 5.32 Å². The Morgan fingerprint density at radius 1 is 1.27 bits per heavy atom. The Kier molecular flexibility index (Phi) is 7.23. The van der Waals surface area contributed by atoms with Gasteiger partial charge in [-0.2, -0.15) is 0 Å². The molecule has 1 amide bonds. The van der Waals surface area contributed by atoms with Gasteiger partial charge < -0.3 is 10.4 Å². The minimum Gasteiger partial charge on any atom is -0.481 e. The molecule has 0 radical (unpaired) electrons. The van der Waals surface area contributed by atoms with Gasteiger partial charge in [-0.25, -0.2) is 0 Å². The highest BCUT2D eigenvalue weighted by Crippen LogP contribution is 2.28. The van der Waals surface area contributed by atoms with Crippen molar-refractivity contribution in [3.05, 3.63) is 28.8 Å². The van der Waals surface area contributed by atoms with Crippen LogP contribution in [-0.2, 0) is 4.79 Å². The topological polar surface area (TPSA) is 66.4 Å². The zero-order valence-corrected chi connectivity index (χ0v) is 14.7. The summed E-state index contributed by atoms with van der Waals surface area (Å²) in [6.07, 6.45) is 0.937. The Hall–Kier alpha value is -1.20. The molecule has 1 aromatic rings. The zero-order valence-electron chi connectivity index (χ0n) is 13.1. The lowest BCUT2D eigenvalue weighted by Gasteiger charge is -2.27. The molecule has 4 nitrogen and oxygen atoms in total. The van der Waals surface area contributed by atoms with Crippen LogP contribution in [0.25, 0.3) is 0 Å². The number of halogens is 1. The van der Waals surface area contributed by atoms with E-state index in [-0.39, 0.29) is 12.5 Å². The van der Waals surface area contributed by atoms with Crippen LogP contribution in [0.1, 0.15) is 44.0 Å². The lowest BCUT2D eigenvalue weighted by Crippen LogP contribution is -2.42. The van der Waals surface area contributed by atoms with E-state index < -0.39 is 11.4 Å². The van der Waals surface area contributed by atoms with Crippen molar-refractivity contribution in [1.29, 1.82) is 0 Å². The number of carboxylic acid groups (broad SMARTS) is 1. The maximum absolute atomic E-state index is 12.4. The predicted octanol–water partition coefficient (Wildman–Crippen LogP) is 4.07. The summed E-state index contributed by atoms with van der Waals surface area (Å²) in [5, 5.41) is 12.8. The van der Waals surface area contributed by atoms with Crippen molar-refractivity contribution in [2.45, 2.75) is 38.5 Å². The number of aliphatic carboxylic acids is 1. The van der Waals surface area contributed by atoms with Gasteiger partial charge in [0.05, 0.1) is 11.0 Å². The molecule has 6 heteroatoms. The van der Waals surface area contributed by atoms with Crippen molar-refractivity contribution in [2.24, 2.45) is 5.41 Å². The number of thioether (sulfide) groups is 1. The summed E-state index contributed by atoms with van der Waals surface area (Å²) in [5.41, 5.74) is -0.386. The Morgan fingerprint density at radius 2 is 1.91 bits per heavy atom. The second-order valence-electron chi connectivity index (χ2n) is 5.05. The van der Waals surface area contributed by atoms with E-state index in [0.29, 0.717) is 23.4 Å². The molecule has 0 aliphatic rings. The van der Waals surface area contributed by atoms with Gasteiger partial charge in [0.25, 0.3) is 5.91 Å². The smallest absolute Gasteiger partial charge is 0.311 e. The third-order valence-electron chi connectivity index (χ3n) is 3.88. The van der Waals surface area contributed by atoms with Gasteiger partial charge in [0.15, 0.2) is 0 Å². The largest absolute Gasteiger partial charge is 0.481 e. The standard InChI is InChI=1S/C16H22ClNO3S/c1-4-16(5-2,15(20)21)10-18-14(19)12-8-7-11(17)9-13(12)22-6-3/h7-9H,4-6,10H2,1-3H3,(H,18,19)(H,20,21). The monoisotopic (exact) mass is 343 g/mol. The Balaban J connectivity index is 2.92. The lowest BCUT2D eigenvalue weighted by atomic mass is 9.82. The van der Waals surface area contributed by atoms with Crippen molar-refractivity contribution in [2.75, 3.05) is 12.3 Å². The average molecular weight is 344 g/mol. The molecule has 0 fully saturated rings. The second-order valence-corrected chi connectivity index (χ2v) is 6.79. The van der Waals surface area contributed by atoms with E-state index in [0.717, 1.165) is 10.6 Å². The number of nitrogens with one attached hydrogen (secondary N) is 1. The number of carbonyl (C=O) groups excluding carboxylic acids is 1. The highest BCUT2D eigenvalue weighted by atomic mass is 35.5. The van der Waals surface area contributed by atoms with Crippen molar-refractivity contribution >= 4 is 35.2 Å². The van der Waals surface area contributed by atoms with Crippen molar-refractivity contribution in [1.82, 2.24) is 5.32 Å². The summed E-state index contributed by atoms with van der Waals surface area (Å²) in [4.78, 5) is 24.7. The van der Waals surface area contributed by atoms with Gasteiger partial charge in [-0.15, -0.1) is 11.8 Å². The highest BCUT2D eigenvalue weighted by Gasteiger charge is 2.35. The number of carboxylic acids is 1. The molecular formula is C16H22ClNO3S. The number of hydrogen-bond acceptors (Lipinski definition) is 3. The highest BCUT2D eigenvalue weighted by molar-refractivity contribution is 7.99. The van der Waals surface area contributed by atoms with Crippen LogP contribution in [0, 0.1) is 5.41 Å². The SMILES string of the molecule is CCSc1cc(Cl)ccc1C(=O)NCC(CC)(CC)C(=O)O. The normalized spacial score (nSPS) is 11.3. The number of hydrogen-bond donors (Lipinski definition) is 2. The Labute approximate surface area is 140 Å². The molecule has 1 rings (SSSR count). The summed E-state index contributed by atoms with van der Waals surface area (Å²) < 4.78 is 0.